The maximum atomic E-state index is 11.9. The Hall–Kier alpha value is -1.80. The van der Waals surface area contributed by atoms with Gasteiger partial charge in [-0.2, -0.15) is 0 Å². The van der Waals surface area contributed by atoms with Gasteiger partial charge in [-0.15, -0.1) is 11.3 Å². The van der Waals surface area contributed by atoms with Crippen LogP contribution in [0.25, 0.3) is 0 Å². The quantitative estimate of drug-likeness (QED) is 0.485. The summed E-state index contributed by atoms with van der Waals surface area (Å²) in [6.45, 7) is -0.223. The maximum absolute atomic E-state index is 11.9. The predicted molar refractivity (Wildman–Crippen MR) is 73.7 cm³/mol. The number of nitrogens with zero attached hydrogens (tertiary/aromatic N) is 2. The molecular formula is C11H7BrN2O4S. The van der Waals surface area contributed by atoms with Crippen LogP contribution in [0.15, 0.2) is 39.0 Å². The van der Waals surface area contributed by atoms with E-state index in [4.69, 9.17) is 0 Å². The number of carbonyl (C=O) groups is 1. The Bertz CT molecular complexity index is 693. The molecule has 0 aliphatic heterocycles. The highest BCUT2D eigenvalue weighted by Gasteiger charge is 2.15. The van der Waals surface area contributed by atoms with Crippen LogP contribution in [0.4, 0.5) is 5.69 Å². The first-order valence-electron chi connectivity index (χ1n) is 5.10. The van der Waals surface area contributed by atoms with Crippen LogP contribution >= 0.6 is 27.3 Å². The lowest BCUT2D eigenvalue weighted by molar-refractivity contribution is -0.385. The number of carbonyl (C=O) groups excluding carboxylic acids is 1. The largest absolute Gasteiger partial charge is 0.300 e. The van der Waals surface area contributed by atoms with Gasteiger partial charge in [0.25, 0.3) is 11.2 Å². The van der Waals surface area contributed by atoms with Crippen molar-refractivity contribution in [1.82, 2.24) is 4.57 Å². The van der Waals surface area contributed by atoms with Crippen LogP contribution in [0.2, 0.25) is 0 Å². The summed E-state index contributed by atoms with van der Waals surface area (Å²) >= 11 is 4.22. The van der Waals surface area contributed by atoms with Crippen molar-refractivity contribution in [3.63, 3.8) is 0 Å². The SMILES string of the molecule is O=C(Cn1cc([N+](=O)[O-])cc(Br)c1=O)c1cccs1. The lowest BCUT2D eigenvalue weighted by atomic mass is 10.3. The van der Waals surface area contributed by atoms with Gasteiger partial charge in [0.15, 0.2) is 5.78 Å². The average Bonchev–Trinajstić information content (AvgIpc) is 2.88. The maximum Gasteiger partial charge on any atom is 0.286 e. The predicted octanol–water partition coefficient (Wildman–Crippen LogP) is 2.46. The third-order valence-electron chi connectivity index (χ3n) is 2.35. The summed E-state index contributed by atoms with van der Waals surface area (Å²) in [5.41, 5.74) is -0.721. The van der Waals surface area contributed by atoms with Gasteiger partial charge in [-0.3, -0.25) is 24.3 Å². The number of halogens is 1. The molecule has 98 valence electrons. The highest BCUT2D eigenvalue weighted by atomic mass is 79.9. The van der Waals surface area contributed by atoms with Crippen LogP contribution < -0.4 is 5.56 Å². The molecule has 8 heteroatoms. The molecule has 0 aromatic carbocycles. The topological polar surface area (TPSA) is 82.2 Å². The van der Waals surface area contributed by atoms with Crippen molar-refractivity contribution in [2.75, 3.05) is 0 Å². The summed E-state index contributed by atoms with van der Waals surface area (Å²) in [6, 6.07) is 4.49. The van der Waals surface area contributed by atoms with Crippen molar-refractivity contribution in [2.45, 2.75) is 6.54 Å². The molecular weight excluding hydrogens is 336 g/mol. The van der Waals surface area contributed by atoms with Crippen molar-refractivity contribution in [1.29, 1.82) is 0 Å². The molecule has 0 N–H and O–H groups in total. The zero-order chi connectivity index (χ0) is 14.0. The van der Waals surface area contributed by atoms with E-state index >= 15 is 0 Å². The molecule has 2 aromatic rings. The van der Waals surface area contributed by atoms with E-state index in [0.717, 1.165) is 16.8 Å². The van der Waals surface area contributed by atoms with Crippen LogP contribution in [-0.2, 0) is 6.54 Å². The van der Waals surface area contributed by atoms with E-state index in [1.165, 1.54) is 11.3 Å². The van der Waals surface area contributed by atoms with E-state index in [9.17, 15) is 19.7 Å². The molecule has 2 heterocycles. The molecule has 0 aliphatic rings. The first kappa shape index (κ1) is 13.6. The second-order valence-electron chi connectivity index (χ2n) is 3.64. The molecule has 2 rings (SSSR count). The first-order valence-corrected chi connectivity index (χ1v) is 6.77. The first-order chi connectivity index (χ1) is 8.99. The summed E-state index contributed by atoms with van der Waals surface area (Å²) < 4.78 is 1.09. The number of rotatable bonds is 4. The summed E-state index contributed by atoms with van der Waals surface area (Å²) in [4.78, 5) is 34.3. The second-order valence-corrected chi connectivity index (χ2v) is 5.44. The minimum Gasteiger partial charge on any atom is -0.300 e. The zero-order valence-electron chi connectivity index (χ0n) is 9.41. The molecule has 0 saturated carbocycles. The fraction of sp³-hybridized carbons (Fsp3) is 0.0909. The standard InChI is InChI=1S/C11H7BrN2O4S/c12-8-4-7(14(17)18)5-13(11(8)16)6-9(15)10-2-1-3-19-10/h1-5H,6H2. The van der Waals surface area contributed by atoms with Gasteiger partial charge < -0.3 is 0 Å². The molecule has 0 saturated heterocycles. The van der Waals surface area contributed by atoms with Crippen molar-refractivity contribution in [3.8, 4) is 0 Å². The highest BCUT2D eigenvalue weighted by molar-refractivity contribution is 9.10. The van der Waals surface area contributed by atoms with Gasteiger partial charge in [0.2, 0.25) is 0 Å². The molecule has 2 aromatic heterocycles. The number of aromatic nitrogens is 1. The molecule has 0 bridgehead atoms. The Balaban J connectivity index is 2.37. The molecule has 0 fully saturated rings. The Morgan fingerprint density at radius 3 is 2.84 bits per heavy atom. The Morgan fingerprint density at radius 1 is 1.53 bits per heavy atom. The van der Waals surface area contributed by atoms with Crippen LogP contribution in [0, 0.1) is 10.1 Å². The van der Waals surface area contributed by atoms with E-state index in [2.05, 4.69) is 15.9 Å². The van der Waals surface area contributed by atoms with Gasteiger partial charge in [0.1, 0.15) is 0 Å². The highest BCUT2D eigenvalue weighted by Crippen LogP contribution is 2.15. The minimum atomic E-state index is -0.615. The second kappa shape index (κ2) is 5.45. The number of Topliss-reactive ketones (excluding diaryl/α,β-unsaturated/α-hetero) is 1. The minimum absolute atomic E-state index is 0.0562. The van der Waals surface area contributed by atoms with Gasteiger partial charge in [-0.1, -0.05) is 6.07 Å². The van der Waals surface area contributed by atoms with Crippen molar-refractivity contribution in [2.24, 2.45) is 0 Å². The van der Waals surface area contributed by atoms with Crippen LogP contribution in [0.5, 0.6) is 0 Å². The smallest absolute Gasteiger partial charge is 0.286 e. The van der Waals surface area contributed by atoms with Crippen molar-refractivity contribution >= 4 is 38.7 Å². The van der Waals surface area contributed by atoms with Gasteiger partial charge >= 0.3 is 0 Å². The number of hydrogen-bond donors (Lipinski definition) is 0. The number of hydrogen-bond acceptors (Lipinski definition) is 5. The van der Waals surface area contributed by atoms with Crippen LogP contribution in [0.1, 0.15) is 9.67 Å². The van der Waals surface area contributed by atoms with Gasteiger partial charge in [0.05, 0.1) is 27.0 Å². The molecule has 19 heavy (non-hydrogen) atoms. The van der Waals surface area contributed by atoms with Crippen LogP contribution in [0.3, 0.4) is 0 Å². The van der Waals surface area contributed by atoms with E-state index in [1.807, 2.05) is 0 Å². The Morgan fingerprint density at radius 2 is 2.26 bits per heavy atom. The normalized spacial score (nSPS) is 10.4. The fourth-order valence-electron chi connectivity index (χ4n) is 1.47. The fourth-order valence-corrected chi connectivity index (χ4v) is 2.59. The molecule has 0 aliphatic carbocycles. The molecule has 0 radical (unpaired) electrons. The summed E-state index contributed by atoms with van der Waals surface area (Å²) in [5.74, 6) is -0.260. The van der Waals surface area contributed by atoms with Gasteiger partial charge in [-0.05, 0) is 27.4 Å². The molecule has 0 spiro atoms. The van der Waals surface area contributed by atoms with Gasteiger partial charge in [-0.25, -0.2) is 0 Å². The van der Waals surface area contributed by atoms with E-state index in [-0.39, 0.29) is 22.5 Å². The average molecular weight is 343 g/mol. The van der Waals surface area contributed by atoms with E-state index in [1.54, 1.807) is 17.5 Å². The Kier molecular flexibility index (Phi) is 3.91. The summed E-state index contributed by atoms with van der Waals surface area (Å²) in [5, 5.41) is 12.5. The number of thiophene rings is 1. The van der Waals surface area contributed by atoms with Crippen LogP contribution in [-0.4, -0.2) is 15.3 Å². The number of nitro groups is 1. The monoisotopic (exact) mass is 342 g/mol. The van der Waals surface area contributed by atoms with Gasteiger partial charge in [0, 0.05) is 6.07 Å². The molecule has 0 amide bonds. The number of ketones is 1. The molecule has 0 atom stereocenters. The van der Waals surface area contributed by atoms with E-state index in [0.29, 0.717) is 4.88 Å². The number of pyridine rings is 1. The summed E-state index contributed by atoms with van der Waals surface area (Å²) in [6.07, 6.45) is 1.07. The lowest BCUT2D eigenvalue weighted by Crippen LogP contribution is -2.24. The Labute approximate surface area is 119 Å². The molecule has 6 nitrogen and oxygen atoms in total. The van der Waals surface area contributed by atoms with E-state index < -0.39 is 10.5 Å². The molecule has 0 unspecified atom stereocenters. The summed E-state index contributed by atoms with van der Waals surface area (Å²) in [7, 11) is 0. The third kappa shape index (κ3) is 2.96. The zero-order valence-corrected chi connectivity index (χ0v) is 11.8. The van der Waals surface area contributed by atoms with Crippen molar-refractivity contribution in [3.05, 3.63) is 59.6 Å². The van der Waals surface area contributed by atoms with Crippen molar-refractivity contribution < 1.29 is 9.72 Å². The lowest BCUT2D eigenvalue weighted by Gasteiger charge is -2.04. The third-order valence-corrected chi connectivity index (χ3v) is 3.83.